The van der Waals surface area contributed by atoms with Gasteiger partial charge in [0.2, 0.25) is 12.6 Å². The number of nitrogens with zero attached hydrogens (tertiary/aromatic N) is 4. The number of rotatable bonds is 3. The second-order valence-electron chi connectivity index (χ2n) is 5.91. The summed E-state index contributed by atoms with van der Waals surface area (Å²) in [7, 11) is 0. The maximum absolute atomic E-state index is 14.1. The molecule has 0 fully saturated rings. The zero-order valence-corrected chi connectivity index (χ0v) is 14.2. The van der Waals surface area contributed by atoms with Crippen molar-refractivity contribution in [2.45, 2.75) is 0 Å². The van der Waals surface area contributed by atoms with Gasteiger partial charge in [-0.2, -0.15) is 14.8 Å². The molecule has 2 aromatic heterocycles. The van der Waals surface area contributed by atoms with Crippen molar-refractivity contribution in [3.8, 4) is 40.2 Å². The Bertz CT molecular complexity index is 1250. The smallest absolute Gasteiger partial charge is 0.278 e. The number of halogens is 1. The summed E-state index contributed by atoms with van der Waals surface area (Å²) < 4.78 is 30.9. The van der Waals surface area contributed by atoms with E-state index in [9.17, 15) is 9.18 Å². The molecule has 0 unspecified atom stereocenters. The molecule has 4 aromatic rings. The molecular formula is C19H11FN4O4. The third kappa shape index (κ3) is 2.69. The van der Waals surface area contributed by atoms with Gasteiger partial charge in [-0.1, -0.05) is 17.3 Å². The van der Waals surface area contributed by atoms with Crippen molar-refractivity contribution in [3.63, 3.8) is 0 Å². The molecule has 28 heavy (non-hydrogen) atoms. The molecule has 0 radical (unpaired) electrons. The van der Waals surface area contributed by atoms with Crippen molar-refractivity contribution in [3.05, 3.63) is 70.8 Å². The van der Waals surface area contributed by atoms with Gasteiger partial charge in [0.25, 0.3) is 11.4 Å². The Labute approximate surface area is 156 Å². The number of para-hydroxylation sites is 1. The average Bonchev–Trinajstić information content (AvgIpc) is 3.38. The highest BCUT2D eigenvalue weighted by molar-refractivity contribution is 5.62. The zero-order chi connectivity index (χ0) is 19.1. The van der Waals surface area contributed by atoms with Gasteiger partial charge in [0.05, 0.1) is 0 Å². The Balaban J connectivity index is 1.54. The zero-order valence-electron chi connectivity index (χ0n) is 14.2. The van der Waals surface area contributed by atoms with Crippen LogP contribution in [0.4, 0.5) is 4.39 Å². The summed E-state index contributed by atoms with van der Waals surface area (Å²) in [6.07, 6.45) is 0. The van der Waals surface area contributed by atoms with Crippen LogP contribution in [0.2, 0.25) is 0 Å². The van der Waals surface area contributed by atoms with Crippen LogP contribution in [0.15, 0.2) is 63.9 Å². The van der Waals surface area contributed by atoms with Gasteiger partial charge in [-0.15, -0.1) is 0 Å². The monoisotopic (exact) mass is 378 g/mol. The Morgan fingerprint density at radius 2 is 1.86 bits per heavy atom. The molecule has 0 atom stereocenters. The topological polar surface area (TPSA) is 92.3 Å². The molecule has 0 aliphatic carbocycles. The van der Waals surface area contributed by atoms with E-state index in [1.165, 1.54) is 30.3 Å². The van der Waals surface area contributed by atoms with Crippen LogP contribution >= 0.6 is 0 Å². The van der Waals surface area contributed by atoms with Crippen molar-refractivity contribution >= 4 is 0 Å². The number of fused-ring (bicyclic) bond motifs is 1. The van der Waals surface area contributed by atoms with E-state index < -0.39 is 11.4 Å². The van der Waals surface area contributed by atoms with Gasteiger partial charge in [-0.25, -0.2) is 4.39 Å². The van der Waals surface area contributed by atoms with Gasteiger partial charge < -0.3 is 14.0 Å². The number of ether oxygens (including phenoxy) is 2. The van der Waals surface area contributed by atoms with E-state index in [-0.39, 0.29) is 24.1 Å². The van der Waals surface area contributed by atoms with Crippen molar-refractivity contribution in [1.29, 1.82) is 0 Å². The fraction of sp³-hybridized carbons (Fsp3) is 0.0526. The highest BCUT2D eigenvalue weighted by atomic mass is 19.1. The molecule has 9 heteroatoms. The number of hydrogen-bond donors (Lipinski definition) is 0. The van der Waals surface area contributed by atoms with E-state index in [2.05, 4.69) is 15.2 Å². The van der Waals surface area contributed by atoms with E-state index in [0.717, 1.165) is 4.68 Å². The summed E-state index contributed by atoms with van der Waals surface area (Å²) in [6, 6.07) is 13.8. The fourth-order valence-electron chi connectivity index (χ4n) is 2.80. The van der Waals surface area contributed by atoms with Crippen molar-refractivity contribution in [1.82, 2.24) is 19.9 Å². The van der Waals surface area contributed by atoms with Crippen LogP contribution in [-0.4, -0.2) is 26.7 Å². The lowest BCUT2D eigenvalue weighted by Gasteiger charge is -2.05. The van der Waals surface area contributed by atoms with Gasteiger partial charge in [-0.3, -0.25) is 4.79 Å². The van der Waals surface area contributed by atoms with Crippen LogP contribution in [0.1, 0.15) is 0 Å². The summed E-state index contributed by atoms with van der Waals surface area (Å²) >= 11 is 0. The lowest BCUT2D eigenvalue weighted by atomic mass is 10.2. The van der Waals surface area contributed by atoms with E-state index in [1.54, 1.807) is 24.3 Å². The molecule has 1 aliphatic rings. The van der Waals surface area contributed by atoms with Gasteiger partial charge in [0.15, 0.2) is 11.5 Å². The number of aromatic nitrogens is 4. The lowest BCUT2D eigenvalue weighted by Crippen LogP contribution is -2.21. The molecule has 0 N–H and O–H groups in total. The van der Waals surface area contributed by atoms with Crippen LogP contribution < -0.4 is 15.0 Å². The molecule has 0 saturated carbocycles. The van der Waals surface area contributed by atoms with Crippen molar-refractivity contribution in [2.24, 2.45) is 0 Å². The van der Waals surface area contributed by atoms with E-state index in [1.807, 2.05) is 0 Å². The maximum Gasteiger partial charge on any atom is 0.278 e. The first-order valence-corrected chi connectivity index (χ1v) is 8.28. The normalized spacial score (nSPS) is 12.3. The van der Waals surface area contributed by atoms with Gasteiger partial charge in [0, 0.05) is 11.6 Å². The largest absolute Gasteiger partial charge is 0.454 e. The number of hydrogen-bond acceptors (Lipinski definition) is 7. The van der Waals surface area contributed by atoms with Crippen LogP contribution in [0.25, 0.3) is 28.7 Å². The molecule has 0 amide bonds. The Morgan fingerprint density at radius 1 is 1.00 bits per heavy atom. The quantitative estimate of drug-likeness (QED) is 0.541. The molecule has 0 saturated heterocycles. The molecule has 138 valence electrons. The fourth-order valence-corrected chi connectivity index (χ4v) is 2.80. The molecular weight excluding hydrogens is 367 g/mol. The van der Waals surface area contributed by atoms with Gasteiger partial charge in [-0.05, 0) is 36.4 Å². The van der Waals surface area contributed by atoms with E-state index in [4.69, 9.17) is 14.0 Å². The maximum atomic E-state index is 14.1. The van der Waals surface area contributed by atoms with Gasteiger partial charge in [0.1, 0.15) is 17.2 Å². The minimum atomic E-state index is -0.569. The average molecular weight is 378 g/mol. The molecule has 3 heterocycles. The molecule has 2 aromatic carbocycles. The minimum Gasteiger partial charge on any atom is -0.454 e. The molecule has 1 aliphatic heterocycles. The molecule has 5 rings (SSSR count). The Kier molecular flexibility index (Phi) is 3.64. The third-order valence-electron chi connectivity index (χ3n) is 4.16. The Morgan fingerprint density at radius 3 is 2.75 bits per heavy atom. The van der Waals surface area contributed by atoms with Crippen LogP contribution in [0, 0.1) is 5.82 Å². The van der Waals surface area contributed by atoms with Crippen LogP contribution in [-0.2, 0) is 0 Å². The van der Waals surface area contributed by atoms with Crippen molar-refractivity contribution in [2.75, 3.05) is 6.79 Å². The Hall–Kier alpha value is -4.01. The number of benzene rings is 2. The molecule has 8 nitrogen and oxygen atoms in total. The van der Waals surface area contributed by atoms with Crippen molar-refractivity contribution < 1.29 is 18.4 Å². The molecule has 0 bridgehead atoms. The summed E-state index contributed by atoms with van der Waals surface area (Å²) in [4.78, 5) is 16.4. The summed E-state index contributed by atoms with van der Waals surface area (Å²) in [5.74, 6) is 1.08. The summed E-state index contributed by atoms with van der Waals surface area (Å²) in [5.41, 5.74) is 0.457. The first-order chi connectivity index (χ1) is 13.7. The molecule has 0 spiro atoms. The van der Waals surface area contributed by atoms with Crippen LogP contribution in [0.3, 0.4) is 0 Å². The summed E-state index contributed by atoms with van der Waals surface area (Å²) in [6.45, 7) is 0.164. The first kappa shape index (κ1) is 16.2. The third-order valence-corrected chi connectivity index (χ3v) is 4.16. The predicted octanol–water partition coefficient (Wildman–Crippen LogP) is 2.82. The second kappa shape index (κ2) is 6.31. The SMILES string of the molecule is O=c1ccc(-c2nc(-c3ccc4c(c3)OCO4)no2)nn1-c1ccccc1F. The van der Waals surface area contributed by atoms with Crippen LogP contribution in [0.5, 0.6) is 11.5 Å². The standard InChI is InChI=1S/C19H11FN4O4/c20-12-3-1-2-4-14(12)24-17(25)8-6-13(22-24)19-21-18(23-28-19)11-5-7-15-16(9-11)27-10-26-15/h1-9H,10H2. The first-order valence-electron chi connectivity index (χ1n) is 8.28. The second-order valence-corrected chi connectivity index (χ2v) is 5.91. The van der Waals surface area contributed by atoms with E-state index in [0.29, 0.717) is 22.9 Å². The minimum absolute atomic E-state index is 0.0323. The summed E-state index contributed by atoms with van der Waals surface area (Å²) in [5, 5.41) is 8.11. The van der Waals surface area contributed by atoms with Gasteiger partial charge >= 0.3 is 0 Å². The highest BCUT2D eigenvalue weighted by Crippen LogP contribution is 2.35. The predicted molar refractivity (Wildman–Crippen MR) is 94.6 cm³/mol. The van der Waals surface area contributed by atoms with E-state index >= 15 is 0 Å². The lowest BCUT2D eigenvalue weighted by molar-refractivity contribution is 0.174. The highest BCUT2D eigenvalue weighted by Gasteiger charge is 2.18.